The smallest absolute Gasteiger partial charge is 0.457 e. The molecular weight excluding hydrogens is 661 g/mol. The van der Waals surface area contributed by atoms with Gasteiger partial charge in [-0.2, -0.15) is 0 Å². The topological polar surface area (TPSA) is 91.3 Å². The zero-order valence-corrected chi connectivity index (χ0v) is 35.5. The van der Waals surface area contributed by atoms with E-state index in [1.165, 1.54) is 154 Å². The van der Waals surface area contributed by atoms with Crippen molar-refractivity contribution in [3.8, 4) is 0 Å². The van der Waals surface area contributed by atoms with Crippen LogP contribution in [-0.4, -0.2) is 75.6 Å². The van der Waals surface area contributed by atoms with Crippen LogP contribution in [0.25, 0.3) is 0 Å². The van der Waals surface area contributed by atoms with Gasteiger partial charge in [-0.25, -0.2) is 4.57 Å². The van der Waals surface area contributed by atoms with E-state index in [4.69, 9.17) is 18.5 Å². The third-order valence-corrected chi connectivity index (χ3v) is 10.7. The summed E-state index contributed by atoms with van der Waals surface area (Å²) in [6.07, 6.45) is 37.3. The van der Waals surface area contributed by atoms with Crippen LogP contribution in [0.1, 0.15) is 206 Å². The van der Waals surface area contributed by atoms with Crippen LogP contribution in [0, 0.1) is 0 Å². The molecule has 1 N–H and O–H groups in total. The number of nitrogens with zero attached hydrogens (tertiary/aromatic N) is 1. The molecule has 9 heteroatoms. The Morgan fingerprint density at radius 3 is 1.29 bits per heavy atom. The largest absolute Gasteiger partial charge is 0.472 e. The van der Waals surface area contributed by atoms with Gasteiger partial charge in [-0.05, 0) is 12.8 Å². The fourth-order valence-corrected chi connectivity index (χ4v) is 7.00. The first-order valence-electron chi connectivity index (χ1n) is 21.8. The van der Waals surface area contributed by atoms with Crippen molar-refractivity contribution >= 4 is 13.8 Å². The Kier molecular flexibility index (Phi) is 36.1. The van der Waals surface area contributed by atoms with Crippen LogP contribution in [-0.2, 0) is 27.9 Å². The van der Waals surface area contributed by atoms with Crippen molar-refractivity contribution in [2.75, 3.05) is 54.1 Å². The van der Waals surface area contributed by atoms with Crippen LogP contribution in [0.15, 0.2) is 0 Å². The highest BCUT2D eigenvalue weighted by molar-refractivity contribution is 7.47. The molecule has 0 saturated heterocycles. The van der Waals surface area contributed by atoms with E-state index in [9.17, 15) is 14.3 Å². The molecule has 2 atom stereocenters. The number of rotatable bonds is 41. The number of phosphoric acid groups is 1. The van der Waals surface area contributed by atoms with Crippen molar-refractivity contribution in [1.82, 2.24) is 0 Å². The second-order valence-corrected chi connectivity index (χ2v) is 17.5. The fourth-order valence-electron chi connectivity index (χ4n) is 6.26. The molecule has 0 spiro atoms. The lowest BCUT2D eigenvalue weighted by atomic mass is 10.0. The number of quaternary nitrogens is 1. The summed E-state index contributed by atoms with van der Waals surface area (Å²) in [5.74, 6) is -0.316. The van der Waals surface area contributed by atoms with Crippen molar-refractivity contribution in [3.05, 3.63) is 0 Å². The molecule has 306 valence electrons. The molecule has 0 aromatic heterocycles. The molecule has 0 radical (unpaired) electrons. The predicted octanol–water partition coefficient (Wildman–Crippen LogP) is 12.5. The highest BCUT2D eigenvalue weighted by Gasteiger charge is 2.26. The average molecular weight is 749 g/mol. The van der Waals surface area contributed by atoms with E-state index in [2.05, 4.69) is 13.8 Å². The summed E-state index contributed by atoms with van der Waals surface area (Å²) in [4.78, 5) is 22.7. The number of ether oxygens (including phenoxy) is 2. The minimum atomic E-state index is -4.26. The van der Waals surface area contributed by atoms with Gasteiger partial charge in [0.1, 0.15) is 19.3 Å². The highest BCUT2D eigenvalue weighted by atomic mass is 31.2. The average Bonchev–Trinajstić information content (AvgIpc) is 3.08. The summed E-state index contributed by atoms with van der Waals surface area (Å²) in [5, 5.41) is 0. The molecule has 0 aliphatic rings. The van der Waals surface area contributed by atoms with Gasteiger partial charge in [0, 0.05) is 13.0 Å². The molecule has 0 rings (SSSR count). The molecule has 0 aliphatic heterocycles. The van der Waals surface area contributed by atoms with Crippen molar-refractivity contribution in [2.45, 2.75) is 213 Å². The standard InChI is InChI=1S/C42H86NO7P/c1-6-8-10-12-14-15-16-17-18-19-20-21-22-23-24-25-26-27-28-30-32-34-37-47-39-41(40-49-51(45,46)48-38-36-43(3,4)5)50-42(44)35-33-31-29-13-11-9-7-2/h41H,6-40H2,1-5H3/p+1. The quantitative estimate of drug-likeness (QED) is 0.0288. The lowest BCUT2D eigenvalue weighted by molar-refractivity contribution is -0.870. The molecule has 8 nitrogen and oxygen atoms in total. The van der Waals surface area contributed by atoms with Crippen molar-refractivity contribution in [3.63, 3.8) is 0 Å². The first-order valence-corrected chi connectivity index (χ1v) is 23.3. The summed E-state index contributed by atoms with van der Waals surface area (Å²) >= 11 is 0. The van der Waals surface area contributed by atoms with Gasteiger partial charge in [-0.1, -0.05) is 187 Å². The summed E-state index contributed by atoms with van der Waals surface area (Å²) in [5.41, 5.74) is 0. The van der Waals surface area contributed by atoms with Gasteiger partial charge >= 0.3 is 13.8 Å². The Labute approximate surface area is 317 Å². The maximum atomic E-state index is 12.5. The Morgan fingerprint density at radius 1 is 0.529 bits per heavy atom. The number of carbonyl (C=O) groups is 1. The monoisotopic (exact) mass is 749 g/mol. The number of hydrogen-bond donors (Lipinski definition) is 1. The van der Waals surface area contributed by atoms with E-state index in [1.54, 1.807) is 0 Å². The van der Waals surface area contributed by atoms with Gasteiger partial charge in [-0.15, -0.1) is 0 Å². The Morgan fingerprint density at radius 2 is 0.902 bits per heavy atom. The normalized spacial score (nSPS) is 13.8. The number of esters is 1. The number of unbranched alkanes of at least 4 members (excludes halogenated alkanes) is 27. The minimum Gasteiger partial charge on any atom is -0.457 e. The van der Waals surface area contributed by atoms with Gasteiger partial charge in [0.2, 0.25) is 0 Å². The maximum Gasteiger partial charge on any atom is 0.472 e. The molecule has 0 aliphatic carbocycles. The summed E-state index contributed by atoms with van der Waals surface area (Å²) < 4.78 is 34.8. The SMILES string of the molecule is CCCCCCCCCCCCCCCCCCCCCCCCOCC(COP(=O)(O)OCC[N+](C)(C)C)OC(=O)CCCCCCCCC. The van der Waals surface area contributed by atoms with Gasteiger partial charge in [0.05, 0.1) is 34.4 Å². The molecule has 0 fully saturated rings. The molecular formula is C42H87NO7P+. The Bertz CT molecular complexity index is 792. The first-order chi connectivity index (χ1) is 24.6. The van der Waals surface area contributed by atoms with Crippen molar-refractivity contribution in [2.24, 2.45) is 0 Å². The van der Waals surface area contributed by atoms with Gasteiger partial charge in [-0.3, -0.25) is 13.8 Å². The lowest BCUT2D eigenvalue weighted by Crippen LogP contribution is -2.37. The maximum absolute atomic E-state index is 12.5. The van der Waals surface area contributed by atoms with E-state index in [-0.39, 0.29) is 25.8 Å². The predicted molar refractivity (Wildman–Crippen MR) is 215 cm³/mol. The lowest BCUT2D eigenvalue weighted by Gasteiger charge is -2.24. The number of hydrogen-bond acceptors (Lipinski definition) is 6. The van der Waals surface area contributed by atoms with Gasteiger partial charge < -0.3 is 18.9 Å². The highest BCUT2D eigenvalue weighted by Crippen LogP contribution is 2.43. The van der Waals surface area contributed by atoms with Gasteiger partial charge in [0.25, 0.3) is 0 Å². The molecule has 51 heavy (non-hydrogen) atoms. The van der Waals surface area contributed by atoms with E-state index < -0.39 is 13.9 Å². The molecule has 0 aromatic carbocycles. The molecule has 2 unspecified atom stereocenters. The molecule has 0 saturated carbocycles. The fraction of sp³-hybridized carbons (Fsp3) is 0.976. The number of phosphoric ester groups is 1. The summed E-state index contributed by atoms with van der Waals surface area (Å²) in [6.45, 7) is 5.62. The van der Waals surface area contributed by atoms with Crippen LogP contribution >= 0.6 is 7.82 Å². The second kappa shape index (κ2) is 36.5. The second-order valence-electron chi connectivity index (χ2n) is 16.1. The van der Waals surface area contributed by atoms with Crippen LogP contribution < -0.4 is 0 Å². The first kappa shape index (κ1) is 50.5. The van der Waals surface area contributed by atoms with Gasteiger partial charge in [0.15, 0.2) is 0 Å². The van der Waals surface area contributed by atoms with Crippen molar-refractivity contribution in [1.29, 1.82) is 0 Å². The van der Waals surface area contributed by atoms with Crippen LogP contribution in [0.3, 0.4) is 0 Å². The van der Waals surface area contributed by atoms with Crippen LogP contribution in [0.2, 0.25) is 0 Å². The van der Waals surface area contributed by atoms with Crippen LogP contribution in [0.5, 0.6) is 0 Å². The van der Waals surface area contributed by atoms with E-state index in [0.29, 0.717) is 24.1 Å². The number of likely N-dealkylation sites (N-methyl/N-ethyl adjacent to an activating group) is 1. The van der Waals surface area contributed by atoms with E-state index >= 15 is 0 Å². The number of carbonyl (C=O) groups excluding carboxylic acids is 1. The zero-order valence-electron chi connectivity index (χ0n) is 34.6. The Hall–Kier alpha value is -0.500. The van der Waals surface area contributed by atoms with Crippen molar-refractivity contribution < 1.29 is 37.3 Å². The third kappa shape index (κ3) is 40.5. The summed E-state index contributed by atoms with van der Waals surface area (Å²) in [7, 11) is 1.68. The van der Waals surface area contributed by atoms with E-state index in [0.717, 1.165) is 32.1 Å². The Balaban J connectivity index is 3.97. The zero-order chi connectivity index (χ0) is 37.7. The summed E-state index contributed by atoms with van der Waals surface area (Å²) in [6, 6.07) is 0. The molecule has 0 heterocycles. The minimum absolute atomic E-state index is 0.0933. The van der Waals surface area contributed by atoms with Crippen LogP contribution in [0.4, 0.5) is 0 Å². The molecule has 0 amide bonds. The molecule has 0 aromatic rings. The van der Waals surface area contributed by atoms with E-state index in [1.807, 2.05) is 21.1 Å². The third-order valence-electron chi connectivity index (χ3n) is 9.67. The molecule has 0 bridgehead atoms.